The molecule has 124 valence electrons. The molecule has 0 aromatic carbocycles. The average molecular weight is 316 g/mol. The Balaban J connectivity index is 1.55. The Morgan fingerprint density at radius 2 is 2.13 bits per heavy atom. The van der Waals surface area contributed by atoms with E-state index in [1.165, 1.54) is 6.42 Å². The molecule has 0 aromatic rings. The van der Waals surface area contributed by atoms with Crippen LogP contribution in [0.15, 0.2) is 34.8 Å². The molecule has 2 N–H and O–H groups in total. The average Bonchev–Trinajstić information content (AvgIpc) is 2.58. The van der Waals surface area contributed by atoms with Crippen LogP contribution in [0.2, 0.25) is 0 Å². The molecule has 1 saturated carbocycles. The highest BCUT2D eigenvalue weighted by Crippen LogP contribution is 2.30. The van der Waals surface area contributed by atoms with Crippen molar-refractivity contribution in [2.45, 2.75) is 51.9 Å². The summed E-state index contributed by atoms with van der Waals surface area (Å²) in [5, 5.41) is 3.03. The molecule has 5 heteroatoms. The van der Waals surface area contributed by atoms with Gasteiger partial charge in [-0.15, -0.1) is 0 Å². The van der Waals surface area contributed by atoms with Crippen molar-refractivity contribution < 1.29 is 14.4 Å². The van der Waals surface area contributed by atoms with Gasteiger partial charge in [0, 0.05) is 30.9 Å². The summed E-state index contributed by atoms with van der Waals surface area (Å²) in [6.07, 6.45) is 10.1. The molecule has 0 unspecified atom stereocenters. The van der Waals surface area contributed by atoms with Crippen LogP contribution < -0.4 is 10.8 Å². The normalized spacial score (nSPS) is 21.7. The second kappa shape index (κ2) is 7.02. The van der Waals surface area contributed by atoms with Crippen LogP contribution in [0.5, 0.6) is 0 Å². The molecule has 0 spiro atoms. The van der Waals surface area contributed by atoms with Gasteiger partial charge in [0.15, 0.2) is 11.5 Å². The number of rotatable bonds is 4. The summed E-state index contributed by atoms with van der Waals surface area (Å²) in [5.41, 5.74) is 5.74. The lowest BCUT2D eigenvalue weighted by Gasteiger charge is -2.27. The van der Waals surface area contributed by atoms with Gasteiger partial charge in [-0.3, -0.25) is 9.59 Å². The quantitative estimate of drug-likeness (QED) is 0.837. The first-order chi connectivity index (χ1) is 11.1. The Morgan fingerprint density at radius 3 is 2.91 bits per heavy atom. The van der Waals surface area contributed by atoms with Crippen LogP contribution in [-0.4, -0.2) is 18.2 Å². The highest BCUT2D eigenvalue weighted by atomic mass is 16.6. The molecular formula is C18H24N2O3. The molecule has 1 aliphatic heterocycles. The fraction of sp³-hybridized carbons (Fsp3) is 0.556. The molecule has 5 nitrogen and oxygen atoms in total. The Hall–Kier alpha value is -2.04. The Labute approximate surface area is 136 Å². The molecule has 3 rings (SSSR count). The number of fused-ring (bicyclic) bond motifs is 1. The van der Waals surface area contributed by atoms with E-state index in [0.29, 0.717) is 19.4 Å². The largest absolute Gasteiger partial charge is 0.382 e. The topological polar surface area (TPSA) is 67.4 Å². The number of nitrogens with one attached hydrogen (secondary N) is 2. The van der Waals surface area contributed by atoms with Crippen molar-refractivity contribution in [3.63, 3.8) is 0 Å². The highest BCUT2D eigenvalue weighted by molar-refractivity contribution is 5.94. The fourth-order valence-corrected chi connectivity index (χ4v) is 3.40. The number of amides is 1. The first-order valence-electron chi connectivity index (χ1n) is 8.51. The zero-order chi connectivity index (χ0) is 16.2. The van der Waals surface area contributed by atoms with Crippen molar-refractivity contribution in [2.24, 2.45) is 5.92 Å². The summed E-state index contributed by atoms with van der Waals surface area (Å²) in [7, 11) is 0. The van der Waals surface area contributed by atoms with Crippen molar-refractivity contribution >= 4 is 11.7 Å². The number of hydroxylamine groups is 1. The van der Waals surface area contributed by atoms with Gasteiger partial charge in [-0.1, -0.05) is 19.3 Å². The van der Waals surface area contributed by atoms with Gasteiger partial charge in [0.05, 0.1) is 5.70 Å². The summed E-state index contributed by atoms with van der Waals surface area (Å²) in [4.78, 5) is 29.2. The van der Waals surface area contributed by atoms with Crippen molar-refractivity contribution in [2.75, 3.05) is 6.54 Å². The van der Waals surface area contributed by atoms with E-state index in [9.17, 15) is 9.59 Å². The summed E-state index contributed by atoms with van der Waals surface area (Å²) in [5.74, 6) is 1.17. The molecule has 0 bridgehead atoms. The van der Waals surface area contributed by atoms with E-state index in [0.717, 1.165) is 48.3 Å². The van der Waals surface area contributed by atoms with Crippen LogP contribution in [0, 0.1) is 5.92 Å². The number of allylic oxidation sites excluding steroid dienone is 3. The maximum Gasteiger partial charge on any atom is 0.223 e. The van der Waals surface area contributed by atoms with Gasteiger partial charge < -0.3 is 10.2 Å². The van der Waals surface area contributed by atoms with Gasteiger partial charge in [0.25, 0.3) is 0 Å². The van der Waals surface area contributed by atoms with E-state index in [-0.39, 0.29) is 17.6 Å². The van der Waals surface area contributed by atoms with Gasteiger partial charge in [0.2, 0.25) is 5.91 Å². The third-order valence-corrected chi connectivity index (χ3v) is 4.85. The van der Waals surface area contributed by atoms with E-state index >= 15 is 0 Å². The third-order valence-electron chi connectivity index (χ3n) is 4.85. The Bertz CT molecular complexity index is 595. The minimum absolute atomic E-state index is 0.0959. The molecule has 1 amide bonds. The van der Waals surface area contributed by atoms with Gasteiger partial charge in [-0.25, -0.2) is 5.48 Å². The van der Waals surface area contributed by atoms with Gasteiger partial charge >= 0.3 is 0 Å². The van der Waals surface area contributed by atoms with Crippen LogP contribution in [0.4, 0.5) is 0 Å². The molecule has 2 aliphatic carbocycles. The molecule has 23 heavy (non-hydrogen) atoms. The highest BCUT2D eigenvalue weighted by Gasteiger charge is 2.24. The molecule has 3 aliphatic rings. The van der Waals surface area contributed by atoms with E-state index in [4.69, 9.17) is 4.84 Å². The molecule has 1 fully saturated rings. The maximum atomic E-state index is 12.1. The third kappa shape index (κ3) is 3.66. The number of hydrogen-bond acceptors (Lipinski definition) is 4. The van der Waals surface area contributed by atoms with Crippen molar-refractivity contribution in [3.8, 4) is 0 Å². The predicted octanol–water partition coefficient (Wildman–Crippen LogP) is 2.66. The number of ketones is 1. The summed E-state index contributed by atoms with van der Waals surface area (Å²) in [6, 6.07) is 0. The van der Waals surface area contributed by atoms with Gasteiger partial charge in [0.1, 0.15) is 0 Å². The Morgan fingerprint density at radius 1 is 1.35 bits per heavy atom. The zero-order valence-corrected chi connectivity index (χ0v) is 13.6. The molecule has 0 radical (unpaired) electrons. The van der Waals surface area contributed by atoms with Crippen LogP contribution in [-0.2, 0) is 14.4 Å². The van der Waals surface area contributed by atoms with E-state index < -0.39 is 0 Å². The van der Waals surface area contributed by atoms with E-state index in [1.807, 2.05) is 6.92 Å². The monoisotopic (exact) mass is 316 g/mol. The van der Waals surface area contributed by atoms with Crippen LogP contribution in [0.1, 0.15) is 51.9 Å². The van der Waals surface area contributed by atoms with Gasteiger partial charge in [-0.05, 0) is 37.5 Å². The smallest absolute Gasteiger partial charge is 0.223 e. The SMILES string of the molecule is CC1=C(CCNC(=O)C2CCCCC2)NOC2=CCC(=O)C=C21. The number of carbonyl (C=O) groups is 2. The summed E-state index contributed by atoms with van der Waals surface area (Å²) >= 11 is 0. The van der Waals surface area contributed by atoms with E-state index in [1.54, 1.807) is 12.2 Å². The first-order valence-corrected chi connectivity index (χ1v) is 8.51. The van der Waals surface area contributed by atoms with Crippen LogP contribution in [0.3, 0.4) is 0 Å². The zero-order valence-electron chi connectivity index (χ0n) is 13.6. The van der Waals surface area contributed by atoms with Crippen LogP contribution in [0.25, 0.3) is 0 Å². The lowest BCUT2D eigenvalue weighted by atomic mass is 9.88. The molecule has 0 atom stereocenters. The van der Waals surface area contributed by atoms with Crippen molar-refractivity contribution in [3.05, 3.63) is 34.8 Å². The molecule has 1 heterocycles. The Kier molecular flexibility index (Phi) is 4.84. The maximum absolute atomic E-state index is 12.1. The van der Waals surface area contributed by atoms with Crippen LogP contribution >= 0.6 is 0 Å². The lowest BCUT2D eigenvalue weighted by Crippen LogP contribution is -2.34. The lowest BCUT2D eigenvalue weighted by molar-refractivity contribution is -0.125. The summed E-state index contributed by atoms with van der Waals surface area (Å²) < 4.78 is 0. The minimum Gasteiger partial charge on any atom is -0.382 e. The number of carbonyl (C=O) groups excluding carboxylic acids is 2. The molecular weight excluding hydrogens is 292 g/mol. The predicted molar refractivity (Wildman–Crippen MR) is 86.9 cm³/mol. The minimum atomic E-state index is 0.0959. The van der Waals surface area contributed by atoms with E-state index in [2.05, 4.69) is 10.8 Å². The summed E-state index contributed by atoms with van der Waals surface area (Å²) in [6.45, 7) is 2.56. The fourth-order valence-electron chi connectivity index (χ4n) is 3.40. The standard InChI is InChI=1S/C18H24N2O3/c1-12-15-11-14(21)7-8-17(15)23-20-16(12)9-10-19-18(22)13-5-3-2-4-6-13/h8,11,13,20H,2-7,9-10H2,1H3,(H,19,22). The second-order valence-electron chi connectivity index (χ2n) is 6.48. The van der Waals surface area contributed by atoms with Crippen molar-refractivity contribution in [1.29, 1.82) is 0 Å². The molecule has 0 aromatic heterocycles. The van der Waals surface area contributed by atoms with Crippen molar-refractivity contribution in [1.82, 2.24) is 10.8 Å². The number of hydrogen-bond donors (Lipinski definition) is 2. The first kappa shape index (κ1) is 15.8. The second-order valence-corrected chi connectivity index (χ2v) is 6.48. The molecule has 0 saturated heterocycles. The van der Waals surface area contributed by atoms with Gasteiger partial charge in [-0.2, -0.15) is 0 Å².